The Hall–Kier alpha value is -0.920. The summed E-state index contributed by atoms with van der Waals surface area (Å²) >= 11 is 0. The van der Waals surface area contributed by atoms with E-state index in [1.807, 2.05) is 0 Å². The van der Waals surface area contributed by atoms with Gasteiger partial charge in [-0.1, -0.05) is 116 Å². The molecule has 1 aromatic rings. The second-order valence-electron chi connectivity index (χ2n) is 10.8. The first kappa shape index (κ1) is 24.7. The minimum Gasteiger partial charge on any atom is -0.204 e. The summed E-state index contributed by atoms with van der Waals surface area (Å²) in [6.07, 6.45) is 25.0. The summed E-state index contributed by atoms with van der Waals surface area (Å²) in [7, 11) is 0. The minimum absolute atomic E-state index is 0.706. The van der Waals surface area contributed by atoms with Crippen molar-refractivity contribution in [1.29, 1.82) is 0 Å². The zero-order chi connectivity index (χ0) is 21.9. The van der Waals surface area contributed by atoms with Crippen molar-refractivity contribution in [1.82, 2.24) is 0 Å². The number of hydrogen-bond acceptors (Lipinski definition) is 0. The molecule has 0 nitrogen and oxygen atoms in total. The van der Waals surface area contributed by atoms with Gasteiger partial charge in [0.2, 0.25) is 0 Å². The fraction of sp³-hybridized carbons (Fsp3) is 0.793. The molecule has 0 saturated heterocycles. The van der Waals surface area contributed by atoms with Gasteiger partial charge >= 0.3 is 0 Å². The van der Waals surface area contributed by atoms with E-state index in [1.165, 1.54) is 115 Å². The SMILES string of the molecule is CCCCCCCC1CCC(CCC2CCC(CCc3ccc(F)c(F)c3)CC2)CC1. The van der Waals surface area contributed by atoms with Crippen LogP contribution in [0.25, 0.3) is 0 Å². The second-order valence-corrected chi connectivity index (χ2v) is 10.8. The molecule has 0 heterocycles. The standard InChI is InChI=1S/C29H46F2/c1-2-3-4-5-6-7-23-8-10-24(11-9-23)12-13-25-14-16-26(17-15-25)18-19-27-20-21-28(30)29(31)22-27/h20-26H,2-19H2,1H3. The van der Waals surface area contributed by atoms with Crippen LogP contribution in [0.2, 0.25) is 0 Å². The van der Waals surface area contributed by atoms with Crippen molar-refractivity contribution in [3.63, 3.8) is 0 Å². The predicted octanol–water partition coefficient (Wildman–Crippen LogP) is 9.65. The Morgan fingerprint density at radius 2 is 1.13 bits per heavy atom. The first-order valence-electron chi connectivity index (χ1n) is 13.6. The largest absolute Gasteiger partial charge is 0.204 e. The van der Waals surface area contributed by atoms with Crippen LogP contribution in [0.5, 0.6) is 0 Å². The van der Waals surface area contributed by atoms with Crippen LogP contribution in [0, 0.1) is 35.3 Å². The van der Waals surface area contributed by atoms with Crippen LogP contribution in [-0.2, 0) is 6.42 Å². The Balaban J connectivity index is 1.23. The quantitative estimate of drug-likeness (QED) is 0.288. The molecule has 0 unspecified atom stereocenters. The van der Waals surface area contributed by atoms with Crippen LogP contribution >= 0.6 is 0 Å². The van der Waals surface area contributed by atoms with Crippen LogP contribution in [0.15, 0.2) is 18.2 Å². The highest BCUT2D eigenvalue weighted by Crippen LogP contribution is 2.38. The summed E-state index contributed by atoms with van der Waals surface area (Å²) in [5.41, 5.74) is 0.942. The lowest BCUT2D eigenvalue weighted by atomic mass is 9.74. The van der Waals surface area contributed by atoms with Crippen molar-refractivity contribution in [2.75, 3.05) is 0 Å². The Kier molecular flexibility index (Phi) is 10.8. The highest BCUT2D eigenvalue weighted by molar-refractivity contribution is 5.17. The van der Waals surface area contributed by atoms with Crippen molar-refractivity contribution < 1.29 is 8.78 Å². The van der Waals surface area contributed by atoms with E-state index in [0.717, 1.165) is 42.1 Å². The summed E-state index contributed by atoms with van der Waals surface area (Å²) in [5.74, 6) is 2.31. The van der Waals surface area contributed by atoms with Gasteiger partial charge in [0.25, 0.3) is 0 Å². The third-order valence-corrected chi connectivity index (χ3v) is 8.46. The minimum atomic E-state index is -0.736. The second kappa shape index (κ2) is 13.6. The number of rotatable bonds is 12. The summed E-state index contributed by atoms with van der Waals surface area (Å²) in [4.78, 5) is 0. The van der Waals surface area contributed by atoms with Crippen molar-refractivity contribution >= 4 is 0 Å². The molecule has 0 N–H and O–H groups in total. The van der Waals surface area contributed by atoms with E-state index in [1.54, 1.807) is 6.07 Å². The van der Waals surface area contributed by atoms with Crippen LogP contribution in [0.4, 0.5) is 8.78 Å². The van der Waals surface area contributed by atoms with E-state index in [9.17, 15) is 8.78 Å². The zero-order valence-corrected chi connectivity index (χ0v) is 20.0. The maximum absolute atomic E-state index is 13.4. The van der Waals surface area contributed by atoms with Gasteiger partial charge in [-0.3, -0.25) is 0 Å². The van der Waals surface area contributed by atoms with Crippen LogP contribution in [-0.4, -0.2) is 0 Å². The van der Waals surface area contributed by atoms with E-state index >= 15 is 0 Å². The topological polar surface area (TPSA) is 0 Å². The highest BCUT2D eigenvalue weighted by Gasteiger charge is 2.24. The Bertz CT molecular complexity index is 609. The molecule has 0 atom stereocenters. The van der Waals surface area contributed by atoms with E-state index in [-0.39, 0.29) is 0 Å². The zero-order valence-electron chi connectivity index (χ0n) is 20.0. The first-order valence-corrected chi connectivity index (χ1v) is 13.6. The normalized spacial score (nSPS) is 26.8. The summed E-state index contributed by atoms with van der Waals surface area (Å²) in [6, 6.07) is 4.38. The molecule has 0 radical (unpaired) electrons. The van der Waals surface area contributed by atoms with E-state index in [0.29, 0.717) is 0 Å². The van der Waals surface area contributed by atoms with Crippen molar-refractivity contribution in [3.05, 3.63) is 35.4 Å². The fourth-order valence-electron chi connectivity index (χ4n) is 6.19. The molecule has 0 amide bonds. The molecule has 2 fully saturated rings. The Morgan fingerprint density at radius 3 is 1.68 bits per heavy atom. The van der Waals surface area contributed by atoms with Gasteiger partial charge in [-0.15, -0.1) is 0 Å². The molecule has 2 aliphatic carbocycles. The van der Waals surface area contributed by atoms with Gasteiger partial charge in [-0.05, 0) is 54.2 Å². The molecule has 0 aliphatic heterocycles. The molecular formula is C29H46F2. The first-order chi connectivity index (χ1) is 15.1. The fourth-order valence-corrected chi connectivity index (χ4v) is 6.19. The maximum atomic E-state index is 13.4. The van der Waals surface area contributed by atoms with Crippen LogP contribution in [0.3, 0.4) is 0 Å². The van der Waals surface area contributed by atoms with Gasteiger partial charge in [0.15, 0.2) is 11.6 Å². The van der Waals surface area contributed by atoms with Gasteiger partial charge in [0, 0.05) is 0 Å². The van der Waals surface area contributed by atoms with E-state index < -0.39 is 11.6 Å². The maximum Gasteiger partial charge on any atom is 0.159 e. The summed E-state index contributed by atoms with van der Waals surface area (Å²) in [5, 5.41) is 0. The molecule has 2 heteroatoms. The van der Waals surface area contributed by atoms with Crippen LogP contribution in [0.1, 0.15) is 122 Å². The third-order valence-electron chi connectivity index (χ3n) is 8.46. The smallest absolute Gasteiger partial charge is 0.159 e. The average Bonchev–Trinajstić information content (AvgIpc) is 2.80. The lowest BCUT2D eigenvalue weighted by Crippen LogP contribution is -2.18. The Labute approximate surface area is 190 Å². The van der Waals surface area contributed by atoms with Crippen molar-refractivity contribution in [2.45, 2.75) is 122 Å². The summed E-state index contributed by atoms with van der Waals surface area (Å²) < 4.78 is 26.5. The Morgan fingerprint density at radius 1 is 0.613 bits per heavy atom. The molecule has 3 rings (SSSR count). The van der Waals surface area contributed by atoms with Gasteiger partial charge < -0.3 is 0 Å². The number of benzene rings is 1. The molecule has 1 aromatic carbocycles. The van der Waals surface area contributed by atoms with Gasteiger partial charge in [0.1, 0.15) is 0 Å². The number of halogens is 2. The van der Waals surface area contributed by atoms with E-state index in [4.69, 9.17) is 0 Å². The molecule has 176 valence electrons. The monoisotopic (exact) mass is 432 g/mol. The van der Waals surface area contributed by atoms with E-state index in [2.05, 4.69) is 6.92 Å². The molecule has 31 heavy (non-hydrogen) atoms. The summed E-state index contributed by atoms with van der Waals surface area (Å²) in [6.45, 7) is 2.30. The molecular weight excluding hydrogens is 386 g/mol. The lowest BCUT2D eigenvalue weighted by molar-refractivity contribution is 0.208. The molecule has 0 aromatic heterocycles. The third kappa shape index (κ3) is 8.85. The van der Waals surface area contributed by atoms with Crippen molar-refractivity contribution in [3.8, 4) is 0 Å². The number of unbranched alkanes of at least 4 members (excludes halogenated alkanes) is 4. The van der Waals surface area contributed by atoms with Crippen molar-refractivity contribution in [2.24, 2.45) is 23.7 Å². The van der Waals surface area contributed by atoms with Crippen LogP contribution < -0.4 is 0 Å². The lowest BCUT2D eigenvalue weighted by Gasteiger charge is -2.32. The van der Waals surface area contributed by atoms with Gasteiger partial charge in [-0.25, -0.2) is 8.78 Å². The van der Waals surface area contributed by atoms with Gasteiger partial charge in [-0.2, -0.15) is 0 Å². The molecule has 0 spiro atoms. The molecule has 2 aliphatic rings. The molecule has 0 bridgehead atoms. The average molecular weight is 433 g/mol. The number of aryl methyl sites for hydroxylation is 1. The molecule has 2 saturated carbocycles. The van der Waals surface area contributed by atoms with Gasteiger partial charge in [0.05, 0.1) is 0 Å². The highest BCUT2D eigenvalue weighted by atomic mass is 19.2. The number of hydrogen-bond donors (Lipinski definition) is 0. The predicted molar refractivity (Wildman–Crippen MR) is 128 cm³/mol.